The molecule has 4 N–H and O–H groups in total. The third-order valence-electron chi connectivity index (χ3n) is 6.45. The van der Waals surface area contributed by atoms with Gasteiger partial charge in [-0.25, -0.2) is 4.79 Å². The van der Waals surface area contributed by atoms with Gasteiger partial charge in [-0.2, -0.15) is 0 Å². The van der Waals surface area contributed by atoms with Crippen LogP contribution in [0.25, 0.3) is 0 Å². The molecule has 0 aliphatic carbocycles. The molecule has 0 radical (unpaired) electrons. The first kappa shape index (κ1) is 27.6. The van der Waals surface area contributed by atoms with Crippen molar-refractivity contribution in [2.75, 3.05) is 38.0 Å². The van der Waals surface area contributed by atoms with E-state index < -0.39 is 30.3 Å². The lowest BCUT2D eigenvalue weighted by molar-refractivity contribution is -0.133. The van der Waals surface area contributed by atoms with Crippen LogP contribution in [-0.4, -0.2) is 73.0 Å². The number of aliphatic hydroxyl groups is 1. The summed E-state index contributed by atoms with van der Waals surface area (Å²) in [6.07, 6.45) is -0.513. The minimum Gasteiger partial charge on any atom is -0.436 e. The fourth-order valence-corrected chi connectivity index (χ4v) is 4.32. The molecule has 2 aromatic carbocycles. The largest absolute Gasteiger partial charge is 0.436 e. The molecule has 3 rings (SSSR count). The zero-order valence-electron chi connectivity index (χ0n) is 21.4. The third-order valence-corrected chi connectivity index (χ3v) is 6.45. The van der Waals surface area contributed by atoms with Crippen molar-refractivity contribution in [2.24, 2.45) is 5.92 Å². The standard InChI is InChI=1S/C28H40N4O4/c1-21(2)26(36-28(35)30-23-11-7-4-8-12-23)27(34)31-24(14-13-22-9-5-3-6-10-22)25(33)15-18-32-19-16-29-17-20-32/h3-12,21,24-26,29,33H,13-20H2,1-2H3,(H,30,35)(H,31,34). The summed E-state index contributed by atoms with van der Waals surface area (Å²) in [4.78, 5) is 28.0. The van der Waals surface area contributed by atoms with Crippen molar-refractivity contribution in [1.29, 1.82) is 0 Å². The molecule has 3 unspecified atom stereocenters. The van der Waals surface area contributed by atoms with Crippen LogP contribution >= 0.6 is 0 Å². The Morgan fingerprint density at radius 3 is 2.28 bits per heavy atom. The number of aryl methyl sites for hydroxylation is 1. The summed E-state index contributed by atoms with van der Waals surface area (Å²) in [6.45, 7) is 8.23. The van der Waals surface area contributed by atoms with Crippen LogP contribution in [0.15, 0.2) is 60.7 Å². The van der Waals surface area contributed by atoms with Gasteiger partial charge in [-0.3, -0.25) is 10.1 Å². The number of hydrogen-bond donors (Lipinski definition) is 4. The Hall–Kier alpha value is -2.94. The summed E-state index contributed by atoms with van der Waals surface area (Å²) >= 11 is 0. The topological polar surface area (TPSA) is 103 Å². The van der Waals surface area contributed by atoms with Crippen molar-refractivity contribution < 1.29 is 19.4 Å². The first-order chi connectivity index (χ1) is 17.4. The Morgan fingerprint density at radius 1 is 1.00 bits per heavy atom. The molecule has 1 heterocycles. The number of nitrogens with zero attached hydrogens (tertiary/aromatic N) is 1. The predicted octanol–water partition coefficient (Wildman–Crippen LogP) is 3.03. The van der Waals surface area contributed by atoms with E-state index in [0.717, 1.165) is 44.7 Å². The summed E-state index contributed by atoms with van der Waals surface area (Å²) in [7, 11) is 0. The number of nitrogens with one attached hydrogen (secondary N) is 3. The van der Waals surface area contributed by atoms with E-state index in [1.165, 1.54) is 0 Å². The van der Waals surface area contributed by atoms with E-state index in [-0.39, 0.29) is 5.92 Å². The fourth-order valence-electron chi connectivity index (χ4n) is 4.32. The second-order valence-electron chi connectivity index (χ2n) is 9.65. The van der Waals surface area contributed by atoms with Gasteiger partial charge in [0.2, 0.25) is 0 Å². The number of amides is 2. The van der Waals surface area contributed by atoms with Crippen molar-refractivity contribution in [1.82, 2.24) is 15.5 Å². The van der Waals surface area contributed by atoms with Gasteiger partial charge in [-0.05, 0) is 42.9 Å². The molecule has 1 aliphatic heterocycles. The minimum absolute atomic E-state index is 0.237. The monoisotopic (exact) mass is 496 g/mol. The summed E-state index contributed by atoms with van der Waals surface area (Å²) in [6, 6.07) is 18.5. The van der Waals surface area contributed by atoms with Crippen LogP contribution in [-0.2, 0) is 16.0 Å². The van der Waals surface area contributed by atoms with E-state index in [4.69, 9.17) is 4.74 Å². The SMILES string of the molecule is CC(C)C(OC(=O)Nc1ccccc1)C(=O)NC(CCc1ccccc1)C(O)CCN1CCNCC1. The van der Waals surface area contributed by atoms with Gasteiger partial charge in [0.1, 0.15) is 0 Å². The predicted molar refractivity (Wildman–Crippen MR) is 142 cm³/mol. The Labute approximate surface area is 214 Å². The lowest BCUT2D eigenvalue weighted by Gasteiger charge is -2.31. The highest BCUT2D eigenvalue weighted by Gasteiger charge is 2.30. The molecule has 196 valence electrons. The molecule has 0 spiro atoms. The molecule has 0 bridgehead atoms. The molecule has 2 amide bonds. The zero-order chi connectivity index (χ0) is 25.8. The van der Waals surface area contributed by atoms with E-state index >= 15 is 0 Å². The maximum Gasteiger partial charge on any atom is 0.412 e. The van der Waals surface area contributed by atoms with E-state index in [0.29, 0.717) is 18.5 Å². The molecular formula is C28H40N4O4. The van der Waals surface area contributed by atoms with Crippen molar-refractivity contribution in [3.63, 3.8) is 0 Å². The summed E-state index contributed by atoms with van der Waals surface area (Å²) in [5.41, 5.74) is 1.74. The molecule has 0 saturated carbocycles. The van der Waals surface area contributed by atoms with Crippen LogP contribution in [0.3, 0.4) is 0 Å². The van der Waals surface area contributed by atoms with Crippen LogP contribution in [0.4, 0.5) is 10.5 Å². The van der Waals surface area contributed by atoms with Gasteiger partial charge in [-0.15, -0.1) is 0 Å². The third kappa shape index (κ3) is 9.26. The van der Waals surface area contributed by atoms with E-state index in [1.54, 1.807) is 24.3 Å². The van der Waals surface area contributed by atoms with Crippen LogP contribution in [0.1, 0.15) is 32.3 Å². The molecule has 8 nitrogen and oxygen atoms in total. The van der Waals surface area contributed by atoms with E-state index in [9.17, 15) is 14.7 Å². The maximum atomic E-state index is 13.3. The number of carbonyl (C=O) groups is 2. The molecule has 0 aromatic heterocycles. The van der Waals surface area contributed by atoms with Crippen LogP contribution in [0, 0.1) is 5.92 Å². The first-order valence-electron chi connectivity index (χ1n) is 12.9. The van der Waals surface area contributed by atoms with Crippen molar-refractivity contribution >= 4 is 17.7 Å². The number of aliphatic hydroxyl groups excluding tert-OH is 1. The quantitative estimate of drug-likeness (QED) is 0.360. The normalized spacial score (nSPS) is 16.7. The lowest BCUT2D eigenvalue weighted by atomic mass is 9.97. The minimum atomic E-state index is -0.978. The summed E-state index contributed by atoms with van der Waals surface area (Å²) in [5.74, 6) is -0.633. The molecule has 3 atom stereocenters. The number of carbonyl (C=O) groups excluding carboxylic acids is 2. The molecule has 8 heteroatoms. The second-order valence-corrected chi connectivity index (χ2v) is 9.65. The zero-order valence-corrected chi connectivity index (χ0v) is 21.4. The molecule has 2 aromatic rings. The molecule has 36 heavy (non-hydrogen) atoms. The average Bonchev–Trinajstić information content (AvgIpc) is 2.89. The van der Waals surface area contributed by atoms with E-state index in [1.807, 2.05) is 50.2 Å². The van der Waals surface area contributed by atoms with Gasteiger partial charge in [0, 0.05) is 38.4 Å². The van der Waals surface area contributed by atoms with Gasteiger partial charge in [0.15, 0.2) is 6.10 Å². The smallest absolute Gasteiger partial charge is 0.412 e. The number of rotatable bonds is 12. The van der Waals surface area contributed by atoms with Crippen molar-refractivity contribution in [2.45, 2.75) is 51.4 Å². The number of hydrogen-bond acceptors (Lipinski definition) is 6. The molecule has 1 aliphatic rings. The fraction of sp³-hybridized carbons (Fsp3) is 0.500. The highest BCUT2D eigenvalue weighted by molar-refractivity contribution is 5.89. The Kier molecular flexibility index (Phi) is 11.2. The van der Waals surface area contributed by atoms with Gasteiger partial charge in [0.05, 0.1) is 12.1 Å². The van der Waals surface area contributed by atoms with Crippen molar-refractivity contribution in [3.8, 4) is 0 Å². The van der Waals surface area contributed by atoms with Crippen LogP contribution in [0.2, 0.25) is 0 Å². The van der Waals surface area contributed by atoms with E-state index in [2.05, 4.69) is 20.9 Å². The van der Waals surface area contributed by atoms with Crippen LogP contribution < -0.4 is 16.0 Å². The number of anilines is 1. The maximum absolute atomic E-state index is 13.3. The Morgan fingerprint density at radius 2 is 1.64 bits per heavy atom. The van der Waals surface area contributed by atoms with Gasteiger partial charge >= 0.3 is 6.09 Å². The van der Waals surface area contributed by atoms with Gasteiger partial charge < -0.3 is 25.4 Å². The van der Waals surface area contributed by atoms with Gasteiger partial charge in [0.25, 0.3) is 5.91 Å². The summed E-state index contributed by atoms with van der Waals surface area (Å²) < 4.78 is 5.52. The Balaban J connectivity index is 1.62. The van der Waals surface area contributed by atoms with Crippen LogP contribution in [0.5, 0.6) is 0 Å². The second kappa shape index (κ2) is 14.6. The lowest BCUT2D eigenvalue weighted by Crippen LogP contribution is -2.51. The summed E-state index contributed by atoms with van der Waals surface area (Å²) in [5, 5.41) is 20.1. The number of para-hydroxylation sites is 1. The number of piperazine rings is 1. The number of benzene rings is 2. The Bertz CT molecular complexity index is 920. The highest BCUT2D eigenvalue weighted by atomic mass is 16.6. The number of ether oxygens (including phenoxy) is 1. The highest BCUT2D eigenvalue weighted by Crippen LogP contribution is 2.15. The average molecular weight is 497 g/mol. The molecule has 1 fully saturated rings. The molecule has 1 saturated heterocycles. The molecular weight excluding hydrogens is 456 g/mol. The van der Waals surface area contributed by atoms with Crippen molar-refractivity contribution in [3.05, 3.63) is 66.2 Å². The van der Waals surface area contributed by atoms with Gasteiger partial charge in [-0.1, -0.05) is 62.4 Å². The first-order valence-corrected chi connectivity index (χ1v) is 12.9.